The summed E-state index contributed by atoms with van der Waals surface area (Å²) in [7, 11) is 4.67. The first-order valence-corrected chi connectivity index (χ1v) is 11.5. The Balaban J connectivity index is 1.55. The van der Waals surface area contributed by atoms with Crippen molar-refractivity contribution in [1.29, 1.82) is 0 Å². The molecule has 6 nitrogen and oxygen atoms in total. The van der Waals surface area contributed by atoms with Crippen molar-refractivity contribution in [3.8, 4) is 17.2 Å². The molecule has 1 aliphatic heterocycles. The molecule has 0 amide bonds. The molecule has 0 aromatic heterocycles. The molecule has 1 heterocycles. The summed E-state index contributed by atoms with van der Waals surface area (Å²) in [6, 6.07) is 11.7. The normalized spacial score (nSPS) is 21.5. The van der Waals surface area contributed by atoms with Crippen molar-refractivity contribution in [2.75, 3.05) is 21.3 Å². The quantitative estimate of drug-likeness (QED) is 0.398. The number of hydrogen-bond acceptors (Lipinski definition) is 6. The van der Waals surface area contributed by atoms with Crippen LogP contribution in [0.15, 0.2) is 47.1 Å². The second-order valence-electron chi connectivity index (χ2n) is 8.53. The Hall–Kier alpha value is -3.28. The van der Waals surface area contributed by atoms with E-state index in [2.05, 4.69) is 24.0 Å². The molecule has 6 heteroatoms. The van der Waals surface area contributed by atoms with E-state index in [-0.39, 0.29) is 5.70 Å². The zero-order chi connectivity index (χ0) is 23.4. The monoisotopic (exact) mass is 449 g/mol. The van der Waals surface area contributed by atoms with Crippen molar-refractivity contribution in [3.63, 3.8) is 0 Å². The Labute approximate surface area is 195 Å². The maximum absolute atomic E-state index is 12.5. The van der Waals surface area contributed by atoms with E-state index in [0.717, 1.165) is 11.5 Å². The van der Waals surface area contributed by atoms with E-state index in [0.29, 0.717) is 34.6 Å². The molecule has 4 rings (SSSR count). The summed E-state index contributed by atoms with van der Waals surface area (Å²) < 4.78 is 21.6. The number of hydrogen-bond donors (Lipinski definition) is 0. The topological polar surface area (TPSA) is 66.3 Å². The summed E-state index contributed by atoms with van der Waals surface area (Å²) in [5.74, 6) is 2.92. The molecule has 2 aromatic rings. The van der Waals surface area contributed by atoms with Gasteiger partial charge in [-0.3, -0.25) is 0 Å². The highest BCUT2D eigenvalue weighted by atomic mass is 16.6. The van der Waals surface area contributed by atoms with Crippen molar-refractivity contribution in [2.24, 2.45) is 10.9 Å². The smallest absolute Gasteiger partial charge is 0.363 e. The van der Waals surface area contributed by atoms with E-state index in [1.807, 2.05) is 12.1 Å². The van der Waals surface area contributed by atoms with Gasteiger partial charge in [0.25, 0.3) is 0 Å². The lowest BCUT2D eigenvalue weighted by molar-refractivity contribution is -0.129. The first kappa shape index (κ1) is 22.9. The third kappa shape index (κ3) is 4.90. The maximum Gasteiger partial charge on any atom is 0.363 e. The van der Waals surface area contributed by atoms with E-state index < -0.39 is 5.97 Å². The van der Waals surface area contributed by atoms with Gasteiger partial charge in [-0.2, -0.15) is 0 Å². The maximum atomic E-state index is 12.5. The van der Waals surface area contributed by atoms with Gasteiger partial charge in [0.05, 0.1) is 21.3 Å². The average molecular weight is 450 g/mol. The molecule has 2 aliphatic rings. The zero-order valence-electron chi connectivity index (χ0n) is 19.7. The van der Waals surface area contributed by atoms with Gasteiger partial charge in [-0.15, -0.1) is 0 Å². The number of rotatable bonds is 7. The molecular weight excluding hydrogens is 418 g/mol. The van der Waals surface area contributed by atoms with Crippen LogP contribution in [0.25, 0.3) is 6.08 Å². The van der Waals surface area contributed by atoms with Gasteiger partial charge in [0.1, 0.15) is 5.75 Å². The molecule has 1 aliphatic carbocycles. The lowest BCUT2D eigenvalue weighted by Gasteiger charge is -2.28. The number of aliphatic imine (C=N–C) groups is 1. The van der Waals surface area contributed by atoms with Gasteiger partial charge in [0.15, 0.2) is 17.2 Å². The van der Waals surface area contributed by atoms with Crippen LogP contribution >= 0.6 is 0 Å². The largest absolute Gasteiger partial charge is 0.496 e. The molecule has 174 valence electrons. The molecule has 0 radical (unpaired) electrons. The second kappa shape index (κ2) is 10.1. The minimum absolute atomic E-state index is 0.206. The Kier molecular flexibility index (Phi) is 7.02. The predicted octanol–water partition coefficient (Wildman–Crippen LogP) is 5.74. The van der Waals surface area contributed by atoms with Crippen LogP contribution in [0.1, 0.15) is 61.6 Å². The van der Waals surface area contributed by atoms with Gasteiger partial charge in [-0.25, -0.2) is 9.79 Å². The van der Waals surface area contributed by atoms with Crippen LogP contribution in [0.4, 0.5) is 0 Å². The van der Waals surface area contributed by atoms with Gasteiger partial charge in [0.2, 0.25) is 5.90 Å². The molecule has 0 bridgehead atoms. The molecule has 0 atom stereocenters. The van der Waals surface area contributed by atoms with Crippen LogP contribution in [-0.2, 0) is 9.53 Å². The number of cyclic esters (lactones) is 1. The number of carbonyl (C=O) groups is 1. The lowest BCUT2D eigenvalue weighted by atomic mass is 9.78. The minimum atomic E-state index is -0.496. The standard InChI is InChI=1S/C27H31NO5/c1-5-17-6-8-18(9-7-17)19-10-12-20(13-11-19)26-28-22(27(29)33-26)14-21-15-24(31-3)25(32-4)16-23(21)30-2/h10-18H,5-9H2,1-4H3/b22-14-. The van der Waals surface area contributed by atoms with Gasteiger partial charge < -0.3 is 18.9 Å². The van der Waals surface area contributed by atoms with Crippen molar-refractivity contribution < 1.29 is 23.7 Å². The molecule has 0 saturated heterocycles. The molecule has 2 aromatic carbocycles. The molecule has 33 heavy (non-hydrogen) atoms. The molecule has 1 fully saturated rings. The summed E-state index contributed by atoms with van der Waals surface area (Å²) >= 11 is 0. The first-order chi connectivity index (χ1) is 16.1. The van der Waals surface area contributed by atoms with Crippen LogP contribution in [0.5, 0.6) is 17.2 Å². The Morgan fingerprint density at radius 3 is 2.18 bits per heavy atom. The van der Waals surface area contributed by atoms with E-state index in [1.54, 1.807) is 39.5 Å². The minimum Gasteiger partial charge on any atom is -0.496 e. The van der Waals surface area contributed by atoms with Gasteiger partial charge in [-0.05, 0) is 67.4 Å². The summed E-state index contributed by atoms with van der Waals surface area (Å²) in [6.07, 6.45) is 8.02. The highest BCUT2D eigenvalue weighted by molar-refractivity contribution is 6.13. The molecule has 0 unspecified atom stereocenters. The molecule has 0 spiro atoms. The third-order valence-corrected chi connectivity index (χ3v) is 6.70. The Bertz CT molecular complexity index is 1060. The van der Waals surface area contributed by atoms with Crippen molar-refractivity contribution in [2.45, 2.75) is 44.9 Å². The summed E-state index contributed by atoms with van der Waals surface area (Å²) in [5.41, 5.74) is 2.99. The van der Waals surface area contributed by atoms with E-state index >= 15 is 0 Å². The molecule has 0 N–H and O–H groups in total. The summed E-state index contributed by atoms with van der Waals surface area (Å²) in [6.45, 7) is 2.29. The Morgan fingerprint density at radius 2 is 1.58 bits per heavy atom. The number of carbonyl (C=O) groups excluding carboxylic acids is 1. The highest BCUT2D eigenvalue weighted by Gasteiger charge is 2.26. The van der Waals surface area contributed by atoms with Crippen LogP contribution in [0.2, 0.25) is 0 Å². The van der Waals surface area contributed by atoms with Crippen molar-refractivity contribution in [3.05, 3.63) is 58.8 Å². The van der Waals surface area contributed by atoms with Gasteiger partial charge in [-0.1, -0.05) is 25.5 Å². The summed E-state index contributed by atoms with van der Waals surface area (Å²) in [5, 5.41) is 0. The number of ether oxygens (including phenoxy) is 4. The first-order valence-electron chi connectivity index (χ1n) is 11.5. The number of benzene rings is 2. The van der Waals surface area contributed by atoms with E-state index in [1.165, 1.54) is 37.7 Å². The van der Waals surface area contributed by atoms with Crippen LogP contribution < -0.4 is 14.2 Å². The highest BCUT2D eigenvalue weighted by Crippen LogP contribution is 2.38. The zero-order valence-corrected chi connectivity index (χ0v) is 19.7. The number of esters is 1. The van der Waals surface area contributed by atoms with E-state index in [4.69, 9.17) is 18.9 Å². The second-order valence-corrected chi connectivity index (χ2v) is 8.53. The fourth-order valence-electron chi connectivity index (χ4n) is 4.65. The van der Waals surface area contributed by atoms with Crippen molar-refractivity contribution >= 4 is 17.9 Å². The fraction of sp³-hybridized carbons (Fsp3) is 0.407. The number of methoxy groups -OCH3 is 3. The van der Waals surface area contributed by atoms with Gasteiger partial charge in [0, 0.05) is 17.2 Å². The van der Waals surface area contributed by atoms with Gasteiger partial charge >= 0.3 is 5.97 Å². The molecule has 1 saturated carbocycles. The van der Waals surface area contributed by atoms with E-state index in [9.17, 15) is 4.79 Å². The lowest BCUT2D eigenvalue weighted by Crippen LogP contribution is -2.13. The molecular formula is C27H31NO5. The van der Waals surface area contributed by atoms with Crippen LogP contribution in [0, 0.1) is 5.92 Å². The van der Waals surface area contributed by atoms with Crippen LogP contribution in [-0.4, -0.2) is 33.2 Å². The Morgan fingerprint density at radius 1 is 0.939 bits per heavy atom. The predicted molar refractivity (Wildman–Crippen MR) is 128 cm³/mol. The van der Waals surface area contributed by atoms with Crippen LogP contribution in [0.3, 0.4) is 0 Å². The number of nitrogens with zero attached hydrogens (tertiary/aromatic N) is 1. The van der Waals surface area contributed by atoms with Crippen molar-refractivity contribution in [1.82, 2.24) is 0 Å². The average Bonchev–Trinajstić information content (AvgIpc) is 3.23. The summed E-state index contributed by atoms with van der Waals surface area (Å²) in [4.78, 5) is 17.0. The fourth-order valence-corrected chi connectivity index (χ4v) is 4.65. The SMILES string of the molecule is CCC1CCC(c2ccc(C3=N/C(=C\c4cc(OC)c(OC)cc4OC)C(=O)O3)cc2)CC1. The third-order valence-electron chi connectivity index (χ3n) is 6.70.